The van der Waals surface area contributed by atoms with Gasteiger partial charge in [-0.1, -0.05) is 18.2 Å². The molecule has 4 rings (SSSR count). The monoisotopic (exact) mass is 402 g/mol. The quantitative estimate of drug-likeness (QED) is 0.767. The van der Waals surface area contributed by atoms with Crippen LogP contribution in [0.4, 0.5) is 10.1 Å². The minimum absolute atomic E-state index is 0.206. The number of hydrogen-bond donors (Lipinski definition) is 0. The van der Waals surface area contributed by atoms with Crippen LogP contribution >= 0.6 is 0 Å². The number of hydrogen-bond acceptors (Lipinski definition) is 4. The van der Waals surface area contributed by atoms with Crippen molar-refractivity contribution in [3.05, 3.63) is 59.9 Å². The highest BCUT2D eigenvalue weighted by atomic mass is 32.2. The molecule has 0 bridgehead atoms. The number of sulfone groups is 1. The number of aryl methyl sites for hydroxylation is 1. The number of anilines is 1. The Morgan fingerprint density at radius 2 is 1.68 bits per heavy atom. The normalized spacial score (nSPS) is 22.0. The number of fused-ring (bicyclic) bond motifs is 1. The second-order valence-corrected chi connectivity index (χ2v) is 9.96. The number of benzene rings is 2. The predicted octanol–water partition coefficient (Wildman–Crippen LogP) is 3.52. The summed E-state index contributed by atoms with van der Waals surface area (Å²) in [6.45, 7) is 4.68. The first-order valence-electron chi connectivity index (χ1n) is 10.1. The molecule has 2 aliphatic heterocycles. The summed E-state index contributed by atoms with van der Waals surface area (Å²) in [6.07, 6.45) is 3.23. The Kier molecular flexibility index (Phi) is 5.69. The molecule has 1 saturated heterocycles. The molecule has 0 N–H and O–H groups in total. The summed E-state index contributed by atoms with van der Waals surface area (Å²) < 4.78 is 38.8. The molecule has 6 heteroatoms. The van der Waals surface area contributed by atoms with Crippen molar-refractivity contribution in [2.75, 3.05) is 37.6 Å². The largest absolute Gasteiger partial charge is 0.369 e. The minimum Gasteiger partial charge on any atom is -0.369 e. The molecule has 0 aromatic heterocycles. The Morgan fingerprint density at radius 3 is 2.43 bits per heavy atom. The summed E-state index contributed by atoms with van der Waals surface area (Å²) in [5, 5.41) is -0.247. The molecule has 0 spiro atoms. The van der Waals surface area contributed by atoms with Gasteiger partial charge in [-0.25, -0.2) is 12.8 Å². The van der Waals surface area contributed by atoms with Crippen LogP contribution in [0.15, 0.2) is 53.4 Å². The van der Waals surface area contributed by atoms with Gasteiger partial charge in [0.15, 0.2) is 9.84 Å². The number of rotatable bonds is 5. The third-order valence-electron chi connectivity index (χ3n) is 6.02. The highest BCUT2D eigenvalue weighted by Crippen LogP contribution is 2.31. The smallest absolute Gasteiger partial charge is 0.181 e. The van der Waals surface area contributed by atoms with E-state index < -0.39 is 9.84 Å². The van der Waals surface area contributed by atoms with E-state index in [0.29, 0.717) is 4.90 Å². The average Bonchev–Trinajstić information content (AvgIpc) is 2.71. The minimum atomic E-state index is -3.19. The molecular formula is C22H27FN2O2S. The predicted molar refractivity (Wildman–Crippen MR) is 110 cm³/mol. The topological polar surface area (TPSA) is 40.6 Å². The fraction of sp³-hybridized carbons (Fsp3) is 0.455. The molecule has 2 heterocycles. The van der Waals surface area contributed by atoms with Gasteiger partial charge in [-0.3, -0.25) is 4.90 Å². The van der Waals surface area contributed by atoms with E-state index in [0.717, 1.165) is 69.7 Å². The lowest BCUT2D eigenvalue weighted by molar-refractivity contribution is 0.252. The summed E-state index contributed by atoms with van der Waals surface area (Å²) in [5.41, 5.74) is 2.03. The van der Waals surface area contributed by atoms with Gasteiger partial charge in [0.25, 0.3) is 0 Å². The highest BCUT2D eigenvalue weighted by Gasteiger charge is 2.33. The first-order chi connectivity index (χ1) is 13.5. The van der Waals surface area contributed by atoms with Crippen LogP contribution in [0, 0.1) is 5.82 Å². The van der Waals surface area contributed by atoms with E-state index in [1.54, 1.807) is 6.07 Å². The van der Waals surface area contributed by atoms with Gasteiger partial charge in [0, 0.05) is 31.9 Å². The number of halogens is 1. The first kappa shape index (κ1) is 19.4. The van der Waals surface area contributed by atoms with E-state index in [4.69, 9.17) is 0 Å². The van der Waals surface area contributed by atoms with Gasteiger partial charge >= 0.3 is 0 Å². The van der Waals surface area contributed by atoms with Crippen LogP contribution in [-0.4, -0.2) is 51.3 Å². The zero-order chi connectivity index (χ0) is 19.6. The summed E-state index contributed by atoms with van der Waals surface area (Å²) in [4.78, 5) is 5.22. The second kappa shape index (κ2) is 8.21. The van der Waals surface area contributed by atoms with E-state index in [-0.39, 0.29) is 11.1 Å². The van der Waals surface area contributed by atoms with Crippen molar-refractivity contribution in [3.63, 3.8) is 0 Å². The van der Waals surface area contributed by atoms with Gasteiger partial charge in [-0.15, -0.1) is 0 Å². The van der Waals surface area contributed by atoms with Gasteiger partial charge in [-0.2, -0.15) is 0 Å². The maximum Gasteiger partial charge on any atom is 0.181 e. The van der Waals surface area contributed by atoms with Crippen molar-refractivity contribution in [3.8, 4) is 0 Å². The molecule has 4 nitrogen and oxygen atoms in total. The zero-order valence-electron chi connectivity index (χ0n) is 16.1. The molecule has 0 aliphatic carbocycles. The fourth-order valence-corrected chi connectivity index (χ4v) is 6.43. The maximum atomic E-state index is 13.1. The van der Waals surface area contributed by atoms with E-state index in [9.17, 15) is 12.8 Å². The molecule has 1 unspecified atom stereocenters. The van der Waals surface area contributed by atoms with Crippen LogP contribution in [0.1, 0.15) is 24.8 Å². The molecule has 28 heavy (non-hydrogen) atoms. The molecule has 1 atom stereocenters. The van der Waals surface area contributed by atoms with Crippen molar-refractivity contribution in [1.82, 2.24) is 4.90 Å². The zero-order valence-corrected chi connectivity index (χ0v) is 16.9. The van der Waals surface area contributed by atoms with E-state index in [2.05, 4.69) is 9.80 Å². The van der Waals surface area contributed by atoms with E-state index in [1.165, 1.54) is 12.1 Å². The van der Waals surface area contributed by atoms with Crippen LogP contribution in [0.25, 0.3) is 0 Å². The van der Waals surface area contributed by atoms with Crippen molar-refractivity contribution >= 4 is 15.5 Å². The Balaban J connectivity index is 1.26. The molecule has 150 valence electrons. The lowest BCUT2D eigenvalue weighted by Crippen LogP contribution is -2.46. The van der Waals surface area contributed by atoms with Gasteiger partial charge < -0.3 is 4.90 Å². The summed E-state index contributed by atoms with van der Waals surface area (Å²) in [6, 6.07) is 14.1. The molecule has 2 aromatic rings. The Morgan fingerprint density at radius 1 is 0.964 bits per heavy atom. The Bertz CT molecular complexity index is 906. The Labute approximate surface area is 166 Å². The van der Waals surface area contributed by atoms with Crippen LogP contribution < -0.4 is 4.90 Å². The standard InChI is InChI=1S/C22H27FN2O2S/c23-19-8-10-20(11-9-19)25-16-14-24(15-17-25)13-3-5-21-12-7-18-4-1-2-6-22(18)28(21,26)27/h1-2,4,6,8-11,21H,3,5,7,12-17H2. The number of nitrogens with zero attached hydrogens (tertiary/aromatic N) is 2. The van der Waals surface area contributed by atoms with E-state index >= 15 is 0 Å². The van der Waals surface area contributed by atoms with Crippen LogP contribution in [-0.2, 0) is 16.3 Å². The summed E-state index contributed by atoms with van der Waals surface area (Å²) in [5.74, 6) is -0.206. The van der Waals surface area contributed by atoms with Gasteiger partial charge in [0.05, 0.1) is 10.1 Å². The molecule has 0 amide bonds. The van der Waals surface area contributed by atoms with Crippen molar-refractivity contribution in [2.24, 2.45) is 0 Å². The summed E-state index contributed by atoms with van der Waals surface area (Å²) >= 11 is 0. The van der Waals surface area contributed by atoms with Crippen molar-refractivity contribution in [1.29, 1.82) is 0 Å². The average molecular weight is 403 g/mol. The fourth-order valence-electron chi connectivity index (χ4n) is 4.36. The molecule has 2 aliphatic rings. The van der Waals surface area contributed by atoms with Gasteiger partial charge in [-0.05, 0) is 68.1 Å². The Hall–Kier alpha value is -1.92. The van der Waals surface area contributed by atoms with Crippen LogP contribution in [0.3, 0.4) is 0 Å². The van der Waals surface area contributed by atoms with Gasteiger partial charge in [0.1, 0.15) is 5.82 Å². The van der Waals surface area contributed by atoms with Gasteiger partial charge in [0.2, 0.25) is 0 Å². The molecule has 0 radical (unpaired) electrons. The number of piperazine rings is 1. The lowest BCUT2D eigenvalue weighted by atomic mass is 10.0. The van der Waals surface area contributed by atoms with Crippen LogP contribution in [0.5, 0.6) is 0 Å². The third-order valence-corrected chi connectivity index (χ3v) is 8.38. The van der Waals surface area contributed by atoms with Crippen LogP contribution in [0.2, 0.25) is 0 Å². The van der Waals surface area contributed by atoms with E-state index in [1.807, 2.05) is 30.3 Å². The SMILES string of the molecule is O=S1(=O)c2ccccc2CCC1CCCN1CCN(c2ccc(F)cc2)CC1. The molecule has 0 saturated carbocycles. The summed E-state index contributed by atoms with van der Waals surface area (Å²) in [7, 11) is -3.19. The molecule has 1 fully saturated rings. The lowest BCUT2D eigenvalue weighted by Gasteiger charge is -2.36. The first-order valence-corrected chi connectivity index (χ1v) is 11.6. The molecule has 2 aromatic carbocycles. The third kappa shape index (κ3) is 4.08. The molecular weight excluding hydrogens is 375 g/mol. The van der Waals surface area contributed by atoms with Crippen molar-refractivity contribution in [2.45, 2.75) is 35.8 Å². The maximum absolute atomic E-state index is 13.1. The highest BCUT2D eigenvalue weighted by molar-refractivity contribution is 7.92. The second-order valence-electron chi connectivity index (χ2n) is 7.76. The van der Waals surface area contributed by atoms with Crippen molar-refractivity contribution < 1.29 is 12.8 Å².